The highest BCUT2D eigenvalue weighted by molar-refractivity contribution is 5.79. The van der Waals surface area contributed by atoms with Gasteiger partial charge in [0.05, 0.1) is 12.2 Å². The lowest BCUT2D eigenvalue weighted by atomic mass is 10.0. The molecule has 0 saturated heterocycles. The molecule has 3 aromatic heterocycles. The van der Waals surface area contributed by atoms with E-state index in [-0.39, 0.29) is 5.69 Å². The highest BCUT2D eigenvalue weighted by atomic mass is 16.1. The van der Waals surface area contributed by atoms with E-state index in [1.807, 2.05) is 51.7 Å². The smallest absolute Gasteiger partial charge is 0.296 e. The molecule has 0 radical (unpaired) electrons. The molecule has 4 rings (SSSR count). The third kappa shape index (κ3) is 5.00. The minimum atomic E-state index is 0.0618. The Kier molecular flexibility index (Phi) is 7.35. The van der Waals surface area contributed by atoms with E-state index in [1.54, 1.807) is 0 Å². The third-order valence-corrected chi connectivity index (χ3v) is 6.16. The Hall–Kier alpha value is -3.55. The highest BCUT2D eigenvalue weighted by Crippen LogP contribution is 2.29. The van der Waals surface area contributed by atoms with Gasteiger partial charge in [-0.05, 0) is 47.7 Å². The highest BCUT2D eigenvalue weighted by Gasteiger charge is 2.18. The van der Waals surface area contributed by atoms with Crippen molar-refractivity contribution in [1.29, 1.82) is 0 Å². The van der Waals surface area contributed by atoms with Crippen molar-refractivity contribution < 1.29 is 0 Å². The Morgan fingerprint density at radius 2 is 1.82 bits per heavy atom. The fourth-order valence-electron chi connectivity index (χ4n) is 4.41. The van der Waals surface area contributed by atoms with Crippen molar-refractivity contribution in [3.05, 3.63) is 70.2 Å². The Labute approximate surface area is 200 Å². The average molecular weight is 460 g/mol. The van der Waals surface area contributed by atoms with Crippen LogP contribution in [0.1, 0.15) is 57.1 Å². The molecule has 0 amide bonds. The van der Waals surface area contributed by atoms with Crippen molar-refractivity contribution in [2.75, 3.05) is 0 Å². The molecule has 1 aromatic carbocycles. The molecule has 0 unspecified atom stereocenters. The van der Waals surface area contributed by atoms with Gasteiger partial charge < -0.3 is 0 Å². The first-order chi connectivity index (χ1) is 16.5. The van der Waals surface area contributed by atoms with Gasteiger partial charge in [-0.15, -0.1) is 5.10 Å². The molecule has 0 aliphatic carbocycles. The van der Waals surface area contributed by atoms with Crippen molar-refractivity contribution in [2.24, 2.45) is 5.92 Å². The number of pyridine rings is 1. The number of aromatic nitrogens is 7. The average Bonchev–Trinajstić information content (AvgIpc) is 3.45. The summed E-state index contributed by atoms with van der Waals surface area (Å²) in [6.45, 7) is 9.78. The number of imidazole rings is 1. The maximum absolute atomic E-state index is 13.3. The minimum absolute atomic E-state index is 0.0618. The fraction of sp³-hybridized carbons (Fsp3) is 0.423. The quantitative estimate of drug-likeness (QED) is 0.349. The first kappa shape index (κ1) is 23.6. The summed E-state index contributed by atoms with van der Waals surface area (Å²) in [7, 11) is 0. The van der Waals surface area contributed by atoms with Gasteiger partial charge in [-0.3, -0.25) is 14.1 Å². The number of nitrogens with zero attached hydrogens (tertiary/aromatic N) is 6. The van der Waals surface area contributed by atoms with Crippen LogP contribution in [-0.2, 0) is 19.5 Å². The van der Waals surface area contributed by atoms with E-state index in [0.717, 1.165) is 66.0 Å². The number of tetrazole rings is 1. The first-order valence-corrected chi connectivity index (χ1v) is 12.1. The molecule has 0 atom stereocenters. The van der Waals surface area contributed by atoms with E-state index < -0.39 is 0 Å². The SMILES string of the molecule is CCCCCc1c(C)n(CC(C)C)c(=O)n1Cc1ccc(-c2ccccc2-c2nnn[nH]2)cn1. The fourth-order valence-corrected chi connectivity index (χ4v) is 4.41. The maximum atomic E-state index is 13.3. The van der Waals surface area contributed by atoms with Crippen LogP contribution in [0.15, 0.2) is 47.4 Å². The number of unbranched alkanes of at least 4 members (excludes halogenated alkanes) is 2. The summed E-state index contributed by atoms with van der Waals surface area (Å²) in [4.78, 5) is 18.0. The maximum Gasteiger partial charge on any atom is 0.328 e. The number of aromatic amines is 1. The van der Waals surface area contributed by atoms with Crippen LogP contribution in [0, 0.1) is 12.8 Å². The minimum Gasteiger partial charge on any atom is -0.296 e. The summed E-state index contributed by atoms with van der Waals surface area (Å²) in [5.74, 6) is 1.03. The van der Waals surface area contributed by atoms with E-state index in [1.165, 1.54) is 0 Å². The second kappa shape index (κ2) is 10.6. The Morgan fingerprint density at radius 1 is 1.03 bits per heavy atom. The van der Waals surface area contributed by atoms with Gasteiger partial charge in [-0.25, -0.2) is 9.89 Å². The largest absolute Gasteiger partial charge is 0.328 e. The number of hydrogen-bond acceptors (Lipinski definition) is 5. The molecule has 178 valence electrons. The predicted octanol–water partition coefficient (Wildman–Crippen LogP) is 4.64. The molecule has 0 spiro atoms. The summed E-state index contributed by atoms with van der Waals surface area (Å²) in [6, 6.07) is 12.0. The molecule has 8 heteroatoms. The first-order valence-electron chi connectivity index (χ1n) is 12.1. The molecule has 0 aliphatic rings. The molecule has 1 N–H and O–H groups in total. The van der Waals surface area contributed by atoms with Gasteiger partial charge in [0.15, 0.2) is 5.82 Å². The topological polar surface area (TPSA) is 94.3 Å². The van der Waals surface area contributed by atoms with E-state index in [9.17, 15) is 4.79 Å². The molecular formula is C26H33N7O. The Morgan fingerprint density at radius 3 is 2.47 bits per heavy atom. The molecule has 8 nitrogen and oxygen atoms in total. The third-order valence-electron chi connectivity index (χ3n) is 6.16. The lowest BCUT2D eigenvalue weighted by Crippen LogP contribution is -2.27. The molecule has 0 bridgehead atoms. The molecule has 0 saturated carbocycles. The van der Waals surface area contributed by atoms with Crippen LogP contribution in [0.25, 0.3) is 22.5 Å². The Bertz CT molecular complexity index is 1270. The van der Waals surface area contributed by atoms with E-state index in [4.69, 9.17) is 4.98 Å². The van der Waals surface area contributed by atoms with Crippen molar-refractivity contribution in [3.63, 3.8) is 0 Å². The molecule has 4 aromatic rings. The van der Waals surface area contributed by atoms with Gasteiger partial charge in [0.1, 0.15) is 0 Å². The second-order valence-electron chi connectivity index (χ2n) is 9.20. The van der Waals surface area contributed by atoms with Gasteiger partial charge in [-0.2, -0.15) is 0 Å². The molecule has 0 aliphatic heterocycles. The van der Waals surface area contributed by atoms with Crippen LogP contribution in [-0.4, -0.2) is 34.7 Å². The van der Waals surface area contributed by atoms with Crippen LogP contribution in [0.3, 0.4) is 0 Å². The Balaban J connectivity index is 1.64. The number of rotatable bonds is 10. The van der Waals surface area contributed by atoms with E-state index in [2.05, 4.69) is 48.3 Å². The zero-order chi connectivity index (χ0) is 24.1. The van der Waals surface area contributed by atoms with Gasteiger partial charge in [0, 0.05) is 35.3 Å². The van der Waals surface area contributed by atoms with Crippen molar-refractivity contribution in [3.8, 4) is 22.5 Å². The molecule has 3 heterocycles. The zero-order valence-corrected chi connectivity index (χ0v) is 20.5. The monoisotopic (exact) mass is 459 g/mol. The van der Waals surface area contributed by atoms with Crippen LogP contribution in [0.2, 0.25) is 0 Å². The number of nitrogens with one attached hydrogen (secondary N) is 1. The van der Waals surface area contributed by atoms with Crippen LogP contribution in [0.5, 0.6) is 0 Å². The van der Waals surface area contributed by atoms with E-state index in [0.29, 0.717) is 18.3 Å². The van der Waals surface area contributed by atoms with Crippen molar-refractivity contribution >= 4 is 0 Å². The standard InChI is InChI=1S/C26H33N7O/c1-5-6-7-12-24-19(4)32(16-18(2)3)26(34)33(24)17-21-14-13-20(15-27-21)22-10-8-9-11-23(22)25-28-30-31-29-25/h8-11,13-15,18H,5-7,12,16-17H2,1-4H3,(H,28,29,30,31). The van der Waals surface area contributed by atoms with Crippen LogP contribution >= 0.6 is 0 Å². The molecule has 0 fully saturated rings. The predicted molar refractivity (Wildman–Crippen MR) is 133 cm³/mol. The zero-order valence-electron chi connectivity index (χ0n) is 20.5. The number of hydrogen-bond donors (Lipinski definition) is 1. The van der Waals surface area contributed by atoms with Gasteiger partial charge in [0.2, 0.25) is 0 Å². The van der Waals surface area contributed by atoms with Gasteiger partial charge in [-0.1, -0.05) is 63.9 Å². The van der Waals surface area contributed by atoms with E-state index >= 15 is 0 Å². The molecule has 34 heavy (non-hydrogen) atoms. The summed E-state index contributed by atoms with van der Waals surface area (Å²) in [6.07, 6.45) is 6.18. The van der Waals surface area contributed by atoms with Crippen LogP contribution < -0.4 is 5.69 Å². The molecular weight excluding hydrogens is 426 g/mol. The summed E-state index contributed by atoms with van der Waals surface area (Å²) >= 11 is 0. The van der Waals surface area contributed by atoms with Crippen molar-refractivity contribution in [2.45, 2.75) is 66.5 Å². The lowest BCUT2D eigenvalue weighted by molar-refractivity contribution is 0.496. The second-order valence-corrected chi connectivity index (χ2v) is 9.20. The van der Waals surface area contributed by atoms with Crippen molar-refractivity contribution in [1.82, 2.24) is 34.7 Å². The summed E-state index contributed by atoms with van der Waals surface area (Å²) in [5.41, 5.74) is 6.03. The lowest BCUT2D eigenvalue weighted by Gasteiger charge is -2.10. The number of H-pyrrole nitrogens is 1. The van der Waals surface area contributed by atoms with Gasteiger partial charge in [0.25, 0.3) is 0 Å². The van der Waals surface area contributed by atoms with Crippen LogP contribution in [0.4, 0.5) is 0 Å². The van der Waals surface area contributed by atoms with Gasteiger partial charge >= 0.3 is 5.69 Å². The number of benzene rings is 1. The summed E-state index contributed by atoms with van der Waals surface area (Å²) < 4.78 is 3.85. The summed E-state index contributed by atoms with van der Waals surface area (Å²) in [5, 5.41) is 14.3. The normalized spacial score (nSPS) is 11.4.